The molecular formula is C22H19N3O2. The van der Waals surface area contributed by atoms with Gasteiger partial charge in [0.1, 0.15) is 0 Å². The molecule has 0 aliphatic heterocycles. The minimum Gasteiger partial charge on any atom is -0.322 e. The van der Waals surface area contributed by atoms with Crippen LogP contribution in [0.25, 0.3) is 0 Å². The fourth-order valence-corrected chi connectivity index (χ4v) is 2.46. The van der Waals surface area contributed by atoms with Gasteiger partial charge in [0, 0.05) is 16.8 Å². The predicted molar refractivity (Wildman–Crippen MR) is 107 cm³/mol. The summed E-state index contributed by atoms with van der Waals surface area (Å²) < 4.78 is 0. The van der Waals surface area contributed by atoms with Gasteiger partial charge >= 0.3 is 0 Å². The minimum absolute atomic E-state index is 0.191. The molecule has 0 atom stereocenters. The number of aryl methyl sites for hydroxylation is 1. The van der Waals surface area contributed by atoms with Crippen LogP contribution in [0.2, 0.25) is 0 Å². The first-order valence-corrected chi connectivity index (χ1v) is 8.48. The molecule has 0 saturated carbocycles. The highest BCUT2D eigenvalue weighted by Crippen LogP contribution is 2.12. The number of anilines is 1. The second-order valence-corrected chi connectivity index (χ2v) is 6.01. The van der Waals surface area contributed by atoms with Crippen LogP contribution in [-0.4, -0.2) is 18.0 Å². The highest BCUT2D eigenvalue weighted by molar-refractivity contribution is 6.04. The van der Waals surface area contributed by atoms with Crippen LogP contribution in [0.5, 0.6) is 0 Å². The van der Waals surface area contributed by atoms with Gasteiger partial charge in [-0.3, -0.25) is 9.59 Å². The maximum Gasteiger partial charge on any atom is 0.271 e. The summed E-state index contributed by atoms with van der Waals surface area (Å²) >= 11 is 0. The van der Waals surface area contributed by atoms with Crippen molar-refractivity contribution in [2.24, 2.45) is 5.10 Å². The number of carbonyl (C=O) groups excluding carboxylic acids is 2. The summed E-state index contributed by atoms with van der Waals surface area (Å²) in [6, 6.07) is 23.5. The van der Waals surface area contributed by atoms with Crippen molar-refractivity contribution < 1.29 is 9.59 Å². The molecule has 0 unspecified atom stereocenters. The van der Waals surface area contributed by atoms with E-state index in [-0.39, 0.29) is 11.8 Å². The molecule has 0 saturated heterocycles. The average molecular weight is 357 g/mol. The van der Waals surface area contributed by atoms with E-state index in [2.05, 4.69) is 15.8 Å². The van der Waals surface area contributed by atoms with Crippen molar-refractivity contribution in [3.8, 4) is 0 Å². The van der Waals surface area contributed by atoms with Crippen molar-refractivity contribution in [2.45, 2.75) is 6.92 Å². The molecule has 0 radical (unpaired) electrons. The molecule has 27 heavy (non-hydrogen) atoms. The molecule has 0 aliphatic rings. The largest absolute Gasteiger partial charge is 0.322 e. The molecule has 2 N–H and O–H groups in total. The average Bonchev–Trinajstić information content (AvgIpc) is 2.69. The number of hydrazone groups is 1. The third-order valence-corrected chi connectivity index (χ3v) is 3.86. The van der Waals surface area contributed by atoms with Crippen molar-refractivity contribution >= 4 is 23.7 Å². The Morgan fingerprint density at radius 1 is 0.815 bits per heavy atom. The molecule has 5 nitrogen and oxygen atoms in total. The van der Waals surface area contributed by atoms with Crippen molar-refractivity contribution in [3.05, 3.63) is 101 Å². The van der Waals surface area contributed by atoms with E-state index >= 15 is 0 Å². The third kappa shape index (κ3) is 5.12. The van der Waals surface area contributed by atoms with Gasteiger partial charge in [-0.2, -0.15) is 5.10 Å². The monoisotopic (exact) mass is 357 g/mol. The van der Waals surface area contributed by atoms with Gasteiger partial charge in [-0.15, -0.1) is 0 Å². The Morgan fingerprint density at radius 3 is 2.26 bits per heavy atom. The van der Waals surface area contributed by atoms with Gasteiger partial charge < -0.3 is 5.32 Å². The Hall–Kier alpha value is -3.73. The van der Waals surface area contributed by atoms with Crippen LogP contribution in [0.4, 0.5) is 5.69 Å². The molecule has 0 aliphatic carbocycles. The maximum atomic E-state index is 12.3. The van der Waals surface area contributed by atoms with Crippen LogP contribution >= 0.6 is 0 Å². The lowest BCUT2D eigenvalue weighted by atomic mass is 10.1. The van der Waals surface area contributed by atoms with E-state index in [9.17, 15) is 9.59 Å². The van der Waals surface area contributed by atoms with Crippen LogP contribution in [0.3, 0.4) is 0 Å². The van der Waals surface area contributed by atoms with Crippen LogP contribution < -0.4 is 10.7 Å². The fourth-order valence-electron chi connectivity index (χ4n) is 2.46. The van der Waals surface area contributed by atoms with E-state index in [1.165, 1.54) is 0 Å². The van der Waals surface area contributed by atoms with Crippen molar-refractivity contribution in [2.75, 3.05) is 5.32 Å². The topological polar surface area (TPSA) is 70.6 Å². The molecule has 3 rings (SSSR count). The first-order valence-electron chi connectivity index (χ1n) is 8.48. The van der Waals surface area contributed by atoms with Gasteiger partial charge in [0.15, 0.2) is 0 Å². The van der Waals surface area contributed by atoms with Crippen molar-refractivity contribution in [3.63, 3.8) is 0 Å². The first kappa shape index (κ1) is 18.1. The van der Waals surface area contributed by atoms with Gasteiger partial charge in [0.2, 0.25) is 0 Å². The summed E-state index contributed by atoms with van der Waals surface area (Å²) in [5, 5.41) is 6.76. The standard InChI is InChI=1S/C22H19N3O2/c1-16-6-5-9-19(14-16)21(26)24-20-12-10-18(11-13-20)22(27)25-23-15-17-7-3-2-4-8-17/h2-15H,1H3,(H,24,26)(H,25,27)/b23-15+. The second kappa shape index (κ2) is 8.58. The Balaban J connectivity index is 1.58. The summed E-state index contributed by atoms with van der Waals surface area (Å²) in [5.74, 6) is -0.512. The maximum absolute atomic E-state index is 12.3. The Labute approximate surface area is 157 Å². The summed E-state index contributed by atoms with van der Waals surface area (Å²) in [6.07, 6.45) is 1.58. The molecule has 0 fully saturated rings. The lowest BCUT2D eigenvalue weighted by molar-refractivity contribution is 0.0954. The summed E-state index contributed by atoms with van der Waals surface area (Å²) in [7, 11) is 0. The molecule has 0 spiro atoms. The minimum atomic E-state index is -0.321. The SMILES string of the molecule is Cc1cccc(C(=O)Nc2ccc(C(=O)N/N=C/c3ccccc3)cc2)c1. The van der Waals surface area contributed by atoms with E-state index in [1.54, 1.807) is 36.5 Å². The number of rotatable bonds is 5. The van der Waals surface area contributed by atoms with Gasteiger partial charge in [0.25, 0.3) is 11.8 Å². The number of nitrogens with one attached hydrogen (secondary N) is 2. The van der Waals surface area contributed by atoms with Gasteiger partial charge in [-0.1, -0.05) is 48.0 Å². The zero-order valence-electron chi connectivity index (χ0n) is 14.8. The van der Waals surface area contributed by atoms with Crippen LogP contribution in [0.1, 0.15) is 31.8 Å². The molecule has 0 heterocycles. The van der Waals surface area contributed by atoms with Gasteiger partial charge in [0.05, 0.1) is 6.21 Å². The second-order valence-electron chi connectivity index (χ2n) is 6.01. The molecule has 5 heteroatoms. The number of hydrogen-bond donors (Lipinski definition) is 2. The number of nitrogens with zero attached hydrogens (tertiary/aromatic N) is 1. The van der Waals surface area contributed by atoms with E-state index in [1.807, 2.05) is 55.5 Å². The van der Waals surface area contributed by atoms with Crippen LogP contribution in [-0.2, 0) is 0 Å². The lowest BCUT2D eigenvalue weighted by Crippen LogP contribution is -2.17. The van der Waals surface area contributed by atoms with Crippen molar-refractivity contribution in [1.29, 1.82) is 0 Å². The summed E-state index contributed by atoms with van der Waals surface area (Å²) in [6.45, 7) is 1.93. The van der Waals surface area contributed by atoms with E-state index in [4.69, 9.17) is 0 Å². The molecular weight excluding hydrogens is 338 g/mol. The third-order valence-electron chi connectivity index (χ3n) is 3.86. The fraction of sp³-hybridized carbons (Fsp3) is 0.0455. The zero-order valence-corrected chi connectivity index (χ0v) is 14.8. The smallest absolute Gasteiger partial charge is 0.271 e. The number of carbonyl (C=O) groups is 2. The molecule has 3 aromatic rings. The highest BCUT2D eigenvalue weighted by atomic mass is 16.2. The molecule has 134 valence electrons. The quantitative estimate of drug-likeness (QED) is 0.535. The normalized spacial score (nSPS) is 10.6. The van der Waals surface area contributed by atoms with Crippen molar-refractivity contribution in [1.82, 2.24) is 5.43 Å². The molecule has 0 bridgehead atoms. The van der Waals surface area contributed by atoms with Gasteiger partial charge in [-0.05, 0) is 48.9 Å². The zero-order chi connectivity index (χ0) is 19.1. The summed E-state index contributed by atoms with van der Waals surface area (Å²) in [4.78, 5) is 24.4. The first-order chi connectivity index (χ1) is 13.1. The summed E-state index contributed by atoms with van der Waals surface area (Å²) in [5.41, 5.74) is 6.06. The van der Waals surface area contributed by atoms with Crippen LogP contribution in [0, 0.1) is 6.92 Å². The van der Waals surface area contributed by atoms with Gasteiger partial charge in [-0.25, -0.2) is 5.43 Å². The molecule has 0 aromatic heterocycles. The lowest BCUT2D eigenvalue weighted by Gasteiger charge is -2.07. The van der Waals surface area contributed by atoms with Crippen LogP contribution in [0.15, 0.2) is 84.0 Å². The Morgan fingerprint density at radius 2 is 1.56 bits per heavy atom. The highest BCUT2D eigenvalue weighted by Gasteiger charge is 2.08. The Kier molecular flexibility index (Phi) is 5.74. The number of amides is 2. The molecule has 2 amide bonds. The van der Waals surface area contributed by atoms with E-state index in [0.717, 1.165) is 11.1 Å². The van der Waals surface area contributed by atoms with E-state index in [0.29, 0.717) is 16.8 Å². The molecule has 3 aromatic carbocycles. The van der Waals surface area contributed by atoms with E-state index < -0.39 is 0 Å². The number of benzene rings is 3. The predicted octanol–water partition coefficient (Wildman–Crippen LogP) is 4.01. The number of hydrogen-bond acceptors (Lipinski definition) is 3. The Bertz CT molecular complexity index is 964.